The van der Waals surface area contributed by atoms with Crippen molar-refractivity contribution in [3.05, 3.63) is 11.9 Å². The van der Waals surface area contributed by atoms with Gasteiger partial charge in [-0.3, -0.25) is 0 Å². The smallest absolute Gasteiger partial charge is 0.131 e. The molecule has 1 aliphatic rings. The zero-order valence-electron chi connectivity index (χ0n) is 11.7. The topological polar surface area (TPSA) is 49.8 Å². The maximum atomic E-state index is 4.44. The van der Waals surface area contributed by atoms with Crippen LogP contribution in [-0.4, -0.2) is 23.1 Å². The molecule has 0 bridgehead atoms. The van der Waals surface area contributed by atoms with Crippen LogP contribution in [0.25, 0.3) is 0 Å². The molecule has 0 unspecified atom stereocenters. The van der Waals surface area contributed by atoms with Gasteiger partial charge in [0.05, 0.1) is 0 Å². The Morgan fingerprint density at radius 2 is 1.83 bits per heavy atom. The molecule has 4 nitrogen and oxygen atoms in total. The summed E-state index contributed by atoms with van der Waals surface area (Å²) in [5.41, 5.74) is 0.538. The summed E-state index contributed by atoms with van der Waals surface area (Å²) in [5.74, 6) is 2.69. The molecule has 1 aromatic rings. The molecule has 1 fully saturated rings. The fourth-order valence-electron chi connectivity index (χ4n) is 2.11. The molecule has 0 atom stereocenters. The molecule has 0 saturated heterocycles. The maximum Gasteiger partial charge on any atom is 0.131 e. The fourth-order valence-corrected chi connectivity index (χ4v) is 2.11. The lowest BCUT2D eigenvalue weighted by Crippen LogP contribution is -2.16. The number of nitrogens with zero attached hydrogens (tertiary/aromatic N) is 2. The normalized spacial score (nSPS) is 16.4. The molecule has 0 radical (unpaired) electrons. The summed E-state index contributed by atoms with van der Waals surface area (Å²) in [6.45, 7) is 8.35. The number of aromatic nitrogens is 2. The van der Waals surface area contributed by atoms with Gasteiger partial charge in [0.15, 0.2) is 0 Å². The van der Waals surface area contributed by atoms with Crippen LogP contribution in [0.15, 0.2) is 6.07 Å². The summed E-state index contributed by atoms with van der Waals surface area (Å²) in [7, 11) is 0. The number of rotatable bonds is 7. The lowest BCUT2D eigenvalue weighted by atomic mass is 10.0. The zero-order valence-corrected chi connectivity index (χ0v) is 11.7. The summed E-state index contributed by atoms with van der Waals surface area (Å²) >= 11 is 0. The lowest BCUT2D eigenvalue weighted by Gasteiger charge is -2.15. The van der Waals surface area contributed by atoms with E-state index in [9.17, 15) is 0 Å². The van der Waals surface area contributed by atoms with Crippen LogP contribution in [0.4, 0.5) is 11.6 Å². The van der Waals surface area contributed by atoms with E-state index in [1.54, 1.807) is 0 Å². The van der Waals surface area contributed by atoms with Gasteiger partial charge in [0.1, 0.15) is 17.5 Å². The van der Waals surface area contributed by atoms with Crippen molar-refractivity contribution in [3.63, 3.8) is 0 Å². The van der Waals surface area contributed by atoms with Gasteiger partial charge in [0, 0.05) is 19.2 Å². The third-order valence-electron chi connectivity index (χ3n) is 3.75. The summed E-state index contributed by atoms with van der Waals surface area (Å²) in [5, 5.41) is 6.78. The Bertz CT molecular complexity index is 399. The van der Waals surface area contributed by atoms with E-state index >= 15 is 0 Å². The van der Waals surface area contributed by atoms with Crippen molar-refractivity contribution in [2.45, 2.75) is 46.5 Å². The van der Waals surface area contributed by atoms with Gasteiger partial charge >= 0.3 is 0 Å². The van der Waals surface area contributed by atoms with Crippen LogP contribution in [0.2, 0.25) is 0 Å². The molecule has 2 N–H and O–H groups in total. The number of anilines is 2. The van der Waals surface area contributed by atoms with Crippen molar-refractivity contribution < 1.29 is 0 Å². The second kappa shape index (κ2) is 5.55. The van der Waals surface area contributed by atoms with Gasteiger partial charge in [0.25, 0.3) is 0 Å². The number of aryl methyl sites for hydroxylation is 1. The van der Waals surface area contributed by atoms with E-state index < -0.39 is 0 Å². The molecule has 2 rings (SSSR count). The quantitative estimate of drug-likeness (QED) is 0.778. The highest BCUT2D eigenvalue weighted by atomic mass is 15.1. The minimum Gasteiger partial charge on any atom is -0.370 e. The van der Waals surface area contributed by atoms with Gasteiger partial charge < -0.3 is 10.6 Å². The molecular formula is C14H24N4. The maximum absolute atomic E-state index is 4.44. The van der Waals surface area contributed by atoms with E-state index in [1.807, 2.05) is 13.0 Å². The average molecular weight is 248 g/mol. The number of hydrogen-bond acceptors (Lipinski definition) is 4. The number of nitrogens with one attached hydrogen (secondary N) is 2. The minimum atomic E-state index is 0.538. The highest BCUT2D eigenvalue weighted by Crippen LogP contribution is 2.48. The van der Waals surface area contributed by atoms with E-state index in [4.69, 9.17) is 0 Å². The van der Waals surface area contributed by atoms with Crippen LogP contribution >= 0.6 is 0 Å². The van der Waals surface area contributed by atoms with Crippen molar-refractivity contribution in [1.82, 2.24) is 9.97 Å². The van der Waals surface area contributed by atoms with Crippen molar-refractivity contribution >= 4 is 11.6 Å². The second-order valence-corrected chi connectivity index (χ2v) is 5.32. The van der Waals surface area contributed by atoms with Crippen LogP contribution < -0.4 is 10.6 Å². The largest absolute Gasteiger partial charge is 0.370 e. The third kappa shape index (κ3) is 3.34. The van der Waals surface area contributed by atoms with E-state index in [2.05, 4.69) is 34.4 Å². The Hall–Kier alpha value is -1.32. The van der Waals surface area contributed by atoms with E-state index in [1.165, 1.54) is 19.3 Å². The Balaban J connectivity index is 1.96. The van der Waals surface area contributed by atoms with E-state index in [-0.39, 0.29) is 0 Å². The van der Waals surface area contributed by atoms with Crippen LogP contribution in [0.1, 0.15) is 45.4 Å². The molecule has 0 aromatic carbocycles. The molecule has 1 aromatic heterocycles. The van der Waals surface area contributed by atoms with Crippen LogP contribution in [-0.2, 0) is 0 Å². The van der Waals surface area contributed by atoms with Gasteiger partial charge in [0.2, 0.25) is 0 Å². The molecule has 0 amide bonds. The first-order valence-electron chi connectivity index (χ1n) is 7.01. The highest BCUT2D eigenvalue weighted by Gasteiger charge is 2.40. The first-order valence-corrected chi connectivity index (χ1v) is 7.01. The molecule has 4 heteroatoms. The van der Waals surface area contributed by atoms with Crippen LogP contribution in [0.3, 0.4) is 0 Å². The van der Waals surface area contributed by atoms with Gasteiger partial charge in [-0.25, -0.2) is 9.97 Å². The first-order chi connectivity index (χ1) is 8.67. The van der Waals surface area contributed by atoms with Gasteiger partial charge in [-0.05, 0) is 38.0 Å². The lowest BCUT2D eigenvalue weighted by molar-refractivity contribution is 0.520. The molecule has 0 aliphatic heterocycles. The Kier molecular flexibility index (Phi) is 4.04. The standard InChI is InChI=1S/C14H24N4/c1-4-8-15-12-9-13(18-11(3)17-12)16-10-14(5-2)6-7-14/h9H,4-8,10H2,1-3H3,(H2,15,16,17,18). The Labute approximate surface area is 110 Å². The van der Waals surface area contributed by atoms with Crippen LogP contribution in [0.5, 0.6) is 0 Å². The van der Waals surface area contributed by atoms with E-state index in [0.29, 0.717) is 5.41 Å². The summed E-state index contributed by atoms with van der Waals surface area (Å²) < 4.78 is 0. The summed E-state index contributed by atoms with van der Waals surface area (Å²) in [6, 6.07) is 2.01. The zero-order chi connectivity index (χ0) is 13.0. The fraction of sp³-hybridized carbons (Fsp3) is 0.714. The Morgan fingerprint density at radius 3 is 2.39 bits per heavy atom. The van der Waals surface area contributed by atoms with Crippen LogP contribution in [0, 0.1) is 12.3 Å². The van der Waals surface area contributed by atoms with Crippen molar-refractivity contribution in [1.29, 1.82) is 0 Å². The van der Waals surface area contributed by atoms with Crippen molar-refractivity contribution in [2.75, 3.05) is 23.7 Å². The van der Waals surface area contributed by atoms with Gasteiger partial charge in [-0.15, -0.1) is 0 Å². The predicted octanol–water partition coefficient (Wildman–Crippen LogP) is 3.21. The molecule has 1 saturated carbocycles. The third-order valence-corrected chi connectivity index (χ3v) is 3.75. The predicted molar refractivity (Wildman–Crippen MR) is 76.0 cm³/mol. The molecule has 100 valence electrons. The number of hydrogen-bond donors (Lipinski definition) is 2. The Morgan fingerprint density at radius 1 is 1.17 bits per heavy atom. The first kappa shape index (κ1) is 13.1. The molecular weight excluding hydrogens is 224 g/mol. The highest BCUT2D eigenvalue weighted by molar-refractivity contribution is 5.47. The molecule has 1 aliphatic carbocycles. The average Bonchev–Trinajstić information content (AvgIpc) is 3.14. The van der Waals surface area contributed by atoms with Crippen molar-refractivity contribution in [2.24, 2.45) is 5.41 Å². The molecule has 0 spiro atoms. The van der Waals surface area contributed by atoms with Gasteiger partial charge in [-0.2, -0.15) is 0 Å². The summed E-state index contributed by atoms with van der Waals surface area (Å²) in [6.07, 6.45) is 5.05. The van der Waals surface area contributed by atoms with E-state index in [0.717, 1.165) is 37.0 Å². The van der Waals surface area contributed by atoms with Gasteiger partial charge in [-0.1, -0.05) is 13.8 Å². The SMILES string of the molecule is CCCNc1cc(NCC2(CC)CC2)nc(C)n1. The molecule has 18 heavy (non-hydrogen) atoms. The minimum absolute atomic E-state index is 0.538. The van der Waals surface area contributed by atoms with Crippen molar-refractivity contribution in [3.8, 4) is 0 Å². The summed E-state index contributed by atoms with van der Waals surface area (Å²) in [4.78, 5) is 8.83. The monoisotopic (exact) mass is 248 g/mol. The second-order valence-electron chi connectivity index (χ2n) is 5.32. The molecule has 1 heterocycles.